The molecule has 0 bridgehead atoms. The summed E-state index contributed by atoms with van der Waals surface area (Å²) in [6, 6.07) is 14.6. The molecule has 0 aliphatic rings. The van der Waals surface area contributed by atoms with Crippen molar-refractivity contribution in [3.05, 3.63) is 69.8 Å². The van der Waals surface area contributed by atoms with Crippen LogP contribution in [0.15, 0.2) is 48.5 Å². The molecule has 0 fully saturated rings. The standard InChI is InChI=1S/C20H20ClFN2OS/c1-24(13-14-6-3-2-4-7-14)11-5-10-23-20(25)19-18(21)16-9-8-15(22)12-17(16)26-19/h2-4,6-9,12H,5,10-11,13H2,1H3,(H,23,25). The molecule has 1 N–H and O–H groups in total. The van der Waals surface area contributed by atoms with Crippen LogP contribution in [-0.2, 0) is 6.54 Å². The highest BCUT2D eigenvalue weighted by Gasteiger charge is 2.17. The molecule has 0 spiro atoms. The fourth-order valence-electron chi connectivity index (χ4n) is 2.79. The van der Waals surface area contributed by atoms with Gasteiger partial charge in [0.05, 0.1) is 5.02 Å². The monoisotopic (exact) mass is 390 g/mol. The van der Waals surface area contributed by atoms with Crippen molar-refractivity contribution in [1.82, 2.24) is 10.2 Å². The Morgan fingerprint density at radius 3 is 2.77 bits per heavy atom. The lowest BCUT2D eigenvalue weighted by atomic mass is 10.2. The van der Waals surface area contributed by atoms with Gasteiger partial charge >= 0.3 is 0 Å². The van der Waals surface area contributed by atoms with Crippen molar-refractivity contribution in [1.29, 1.82) is 0 Å². The van der Waals surface area contributed by atoms with Crippen LogP contribution in [-0.4, -0.2) is 30.9 Å². The first kappa shape index (κ1) is 18.8. The lowest BCUT2D eigenvalue weighted by Gasteiger charge is -2.16. The molecule has 0 radical (unpaired) electrons. The van der Waals surface area contributed by atoms with Crippen molar-refractivity contribution in [2.24, 2.45) is 0 Å². The molecule has 136 valence electrons. The molecule has 3 nitrogen and oxygen atoms in total. The summed E-state index contributed by atoms with van der Waals surface area (Å²) in [4.78, 5) is 15.0. The second-order valence-electron chi connectivity index (χ2n) is 6.22. The second kappa shape index (κ2) is 8.62. The van der Waals surface area contributed by atoms with E-state index in [4.69, 9.17) is 11.6 Å². The molecule has 1 heterocycles. The van der Waals surface area contributed by atoms with E-state index >= 15 is 0 Å². The molecule has 0 aliphatic carbocycles. The van der Waals surface area contributed by atoms with E-state index in [2.05, 4.69) is 29.4 Å². The van der Waals surface area contributed by atoms with E-state index in [1.165, 1.54) is 29.0 Å². The normalized spacial score (nSPS) is 11.2. The van der Waals surface area contributed by atoms with Crippen LogP contribution in [0.4, 0.5) is 4.39 Å². The molecule has 0 atom stereocenters. The van der Waals surface area contributed by atoms with Crippen molar-refractivity contribution in [3.8, 4) is 0 Å². The van der Waals surface area contributed by atoms with Gasteiger partial charge in [0.2, 0.25) is 0 Å². The number of amides is 1. The number of nitrogens with one attached hydrogen (secondary N) is 1. The molecule has 1 aromatic heterocycles. The Morgan fingerprint density at radius 1 is 1.23 bits per heavy atom. The van der Waals surface area contributed by atoms with E-state index in [-0.39, 0.29) is 11.7 Å². The minimum atomic E-state index is -0.330. The van der Waals surface area contributed by atoms with Gasteiger partial charge in [0.25, 0.3) is 5.91 Å². The average molecular weight is 391 g/mol. The van der Waals surface area contributed by atoms with Crippen molar-refractivity contribution >= 4 is 38.9 Å². The van der Waals surface area contributed by atoms with Crippen LogP contribution in [0, 0.1) is 5.82 Å². The largest absolute Gasteiger partial charge is 0.351 e. The quantitative estimate of drug-likeness (QED) is 0.579. The number of carbonyl (C=O) groups excluding carboxylic acids is 1. The Balaban J connectivity index is 1.49. The minimum absolute atomic E-state index is 0.206. The maximum atomic E-state index is 13.3. The van der Waals surface area contributed by atoms with Gasteiger partial charge in [-0.25, -0.2) is 4.39 Å². The first-order valence-corrected chi connectivity index (χ1v) is 9.62. The molecule has 0 saturated carbocycles. The summed E-state index contributed by atoms with van der Waals surface area (Å²) in [5.41, 5.74) is 1.27. The highest BCUT2D eigenvalue weighted by Crippen LogP contribution is 2.35. The Kier molecular flexibility index (Phi) is 6.25. The summed E-state index contributed by atoms with van der Waals surface area (Å²) in [7, 11) is 2.06. The van der Waals surface area contributed by atoms with Crippen molar-refractivity contribution in [3.63, 3.8) is 0 Å². The number of thiophene rings is 1. The maximum Gasteiger partial charge on any atom is 0.262 e. The molecule has 3 aromatic rings. The molecule has 26 heavy (non-hydrogen) atoms. The molecule has 0 saturated heterocycles. The minimum Gasteiger partial charge on any atom is -0.351 e. The summed E-state index contributed by atoms with van der Waals surface area (Å²) in [6.07, 6.45) is 0.839. The first-order valence-electron chi connectivity index (χ1n) is 8.43. The number of benzene rings is 2. The summed E-state index contributed by atoms with van der Waals surface area (Å²) >= 11 is 7.49. The summed E-state index contributed by atoms with van der Waals surface area (Å²) in [5, 5.41) is 4.01. The molecule has 0 unspecified atom stereocenters. The number of nitrogens with zero attached hydrogens (tertiary/aromatic N) is 1. The van der Waals surface area contributed by atoms with Crippen molar-refractivity contribution < 1.29 is 9.18 Å². The van der Waals surface area contributed by atoms with Crippen LogP contribution >= 0.6 is 22.9 Å². The Morgan fingerprint density at radius 2 is 2.00 bits per heavy atom. The van der Waals surface area contributed by atoms with Gasteiger partial charge in [-0.3, -0.25) is 4.79 Å². The maximum absolute atomic E-state index is 13.3. The molecule has 0 aliphatic heterocycles. The zero-order valence-electron chi connectivity index (χ0n) is 14.5. The summed E-state index contributed by atoms with van der Waals surface area (Å²) < 4.78 is 14.0. The predicted octanol–water partition coefficient (Wildman–Crippen LogP) is 4.95. The number of hydrogen-bond acceptors (Lipinski definition) is 3. The van der Waals surface area contributed by atoms with E-state index in [1.54, 1.807) is 6.07 Å². The van der Waals surface area contributed by atoms with Crippen molar-refractivity contribution in [2.45, 2.75) is 13.0 Å². The Labute approximate surface area is 161 Å². The lowest BCUT2D eigenvalue weighted by Crippen LogP contribution is -2.27. The van der Waals surface area contributed by atoms with E-state index in [9.17, 15) is 9.18 Å². The Hall–Kier alpha value is -1.95. The summed E-state index contributed by atoms with van der Waals surface area (Å²) in [6.45, 7) is 2.32. The van der Waals surface area contributed by atoms with Crippen LogP contribution in [0.2, 0.25) is 5.02 Å². The topological polar surface area (TPSA) is 32.3 Å². The molecular formula is C20H20ClFN2OS. The molecule has 2 aromatic carbocycles. The number of hydrogen-bond donors (Lipinski definition) is 1. The second-order valence-corrected chi connectivity index (χ2v) is 7.65. The third-order valence-corrected chi connectivity index (χ3v) is 5.75. The third-order valence-electron chi connectivity index (χ3n) is 4.10. The predicted molar refractivity (Wildman–Crippen MR) is 107 cm³/mol. The van der Waals surface area contributed by atoms with E-state index in [0.717, 1.165) is 19.5 Å². The number of fused-ring (bicyclic) bond motifs is 1. The van der Waals surface area contributed by atoms with Gasteiger partial charge in [0.15, 0.2) is 0 Å². The van der Waals surface area contributed by atoms with Gasteiger partial charge in [-0.15, -0.1) is 11.3 Å². The van der Waals surface area contributed by atoms with Crippen molar-refractivity contribution in [2.75, 3.05) is 20.1 Å². The van der Waals surface area contributed by atoms with Crippen LogP contribution < -0.4 is 5.32 Å². The van der Waals surface area contributed by atoms with Crippen LogP contribution in [0.5, 0.6) is 0 Å². The van der Waals surface area contributed by atoms with Gasteiger partial charge in [0, 0.05) is 23.2 Å². The van der Waals surface area contributed by atoms with Gasteiger partial charge in [0.1, 0.15) is 10.7 Å². The van der Waals surface area contributed by atoms with Gasteiger partial charge < -0.3 is 10.2 Å². The SMILES string of the molecule is CN(CCCNC(=O)c1sc2cc(F)ccc2c1Cl)Cc1ccccc1. The summed E-state index contributed by atoms with van der Waals surface area (Å²) in [5.74, 6) is -0.536. The zero-order chi connectivity index (χ0) is 18.5. The zero-order valence-corrected chi connectivity index (χ0v) is 16.0. The smallest absolute Gasteiger partial charge is 0.262 e. The number of rotatable bonds is 7. The molecular weight excluding hydrogens is 371 g/mol. The van der Waals surface area contributed by atoms with E-state index in [1.807, 2.05) is 18.2 Å². The highest BCUT2D eigenvalue weighted by atomic mass is 35.5. The van der Waals surface area contributed by atoms with Gasteiger partial charge in [-0.05, 0) is 43.8 Å². The highest BCUT2D eigenvalue weighted by molar-refractivity contribution is 7.21. The first-order chi connectivity index (χ1) is 12.5. The third kappa shape index (κ3) is 4.61. The van der Waals surface area contributed by atoms with Crippen LogP contribution in [0.1, 0.15) is 21.7 Å². The van der Waals surface area contributed by atoms with E-state index in [0.29, 0.717) is 26.5 Å². The van der Waals surface area contributed by atoms with Crippen LogP contribution in [0.25, 0.3) is 10.1 Å². The Bertz CT molecular complexity index is 897. The number of halogens is 2. The molecule has 1 amide bonds. The van der Waals surface area contributed by atoms with Gasteiger partial charge in [-0.1, -0.05) is 41.9 Å². The molecule has 6 heteroatoms. The lowest BCUT2D eigenvalue weighted by molar-refractivity contribution is 0.0956. The van der Waals surface area contributed by atoms with Crippen LogP contribution in [0.3, 0.4) is 0 Å². The number of carbonyl (C=O) groups is 1. The van der Waals surface area contributed by atoms with Gasteiger partial charge in [-0.2, -0.15) is 0 Å². The average Bonchev–Trinajstić information content (AvgIpc) is 2.95. The molecule has 3 rings (SSSR count). The van der Waals surface area contributed by atoms with E-state index < -0.39 is 0 Å². The fourth-order valence-corrected chi connectivity index (χ4v) is 4.25. The fraction of sp³-hybridized carbons (Fsp3) is 0.250.